The molecule has 0 saturated carbocycles. The third kappa shape index (κ3) is 3.21. The molecule has 2 aromatic carbocycles. The van der Waals surface area contributed by atoms with Crippen LogP contribution in [0.2, 0.25) is 5.02 Å². The molecule has 0 aliphatic rings. The van der Waals surface area contributed by atoms with Crippen molar-refractivity contribution in [2.75, 3.05) is 0 Å². The van der Waals surface area contributed by atoms with Crippen LogP contribution in [0.1, 0.15) is 0 Å². The first-order chi connectivity index (χ1) is 8.97. The van der Waals surface area contributed by atoms with Crippen molar-refractivity contribution < 1.29 is 14.1 Å². The highest BCUT2D eigenvalue weighted by molar-refractivity contribution is 9.10. The maximum absolute atomic E-state index is 13.5. The van der Waals surface area contributed by atoms with Crippen LogP contribution in [-0.2, 0) is 0 Å². The first-order valence-corrected chi connectivity index (χ1v) is 6.21. The summed E-state index contributed by atoms with van der Waals surface area (Å²) in [5, 5.41) is 10.8. The van der Waals surface area contributed by atoms with Gasteiger partial charge in [0.1, 0.15) is 5.75 Å². The van der Waals surface area contributed by atoms with Gasteiger partial charge in [0, 0.05) is 17.2 Å². The SMILES string of the molecule is O=[N+]([O-])c1ccc(Oc2ccc(Cl)cc2F)c(Br)c1. The van der Waals surface area contributed by atoms with Crippen molar-refractivity contribution in [1.29, 1.82) is 0 Å². The second-order valence-corrected chi connectivity index (χ2v) is 4.84. The summed E-state index contributed by atoms with van der Waals surface area (Å²) in [5.41, 5.74) is -0.0872. The molecule has 0 saturated heterocycles. The summed E-state index contributed by atoms with van der Waals surface area (Å²) < 4.78 is 19.2. The van der Waals surface area contributed by atoms with E-state index in [1.54, 1.807) is 0 Å². The second kappa shape index (κ2) is 5.54. The molecule has 0 N–H and O–H groups in total. The van der Waals surface area contributed by atoms with Gasteiger partial charge >= 0.3 is 0 Å². The van der Waals surface area contributed by atoms with Gasteiger partial charge in [-0.15, -0.1) is 0 Å². The first-order valence-electron chi connectivity index (χ1n) is 5.04. The molecule has 0 aromatic heterocycles. The van der Waals surface area contributed by atoms with E-state index in [-0.39, 0.29) is 22.2 Å². The molecular formula is C12H6BrClFNO3. The molecule has 0 radical (unpaired) electrons. The second-order valence-electron chi connectivity index (χ2n) is 3.55. The summed E-state index contributed by atoms with van der Waals surface area (Å²) in [6, 6.07) is 7.92. The van der Waals surface area contributed by atoms with Crippen LogP contribution in [0.25, 0.3) is 0 Å². The Hall–Kier alpha value is -1.66. The normalized spacial score (nSPS) is 10.3. The molecule has 7 heteroatoms. The largest absolute Gasteiger partial charge is 0.453 e. The third-order valence-electron chi connectivity index (χ3n) is 2.24. The van der Waals surface area contributed by atoms with Crippen molar-refractivity contribution in [3.05, 3.63) is 61.8 Å². The van der Waals surface area contributed by atoms with E-state index in [0.717, 1.165) is 6.07 Å². The van der Waals surface area contributed by atoms with Gasteiger partial charge in [-0.3, -0.25) is 10.1 Å². The summed E-state index contributed by atoms with van der Waals surface area (Å²) in [6.07, 6.45) is 0. The number of nitro benzene ring substituents is 1. The molecule has 2 aromatic rings. The molecule has 0 spiro atoms. The Labute approximate surface area is 121 Å². The van der Waals surface area contributed by atoms with E-state index >= 15 is 0 Å². The van der Waals surface area contributed by atoms with E-state index in [2.05, 4.69) is 15.9 Å². The van der Waals surface area contributed by atoms with E-state index in [0.29, 0.717) is 4.47 Å². The highest BCUT2D eigenvalue weighted by Gasteiger charge is 2.12. The van der Waals surface area contributed by atoms with Crippen LogP contribution in [0.3, 0.4) is 0 Å². The molecule has 0 amide bonds. The zero-order valence-corrected chi connectivity index (χ0v) is 11.6. The van der Waals surface area contributed by atoms with Crippen LogP contribution in [0.15, 0.2) is 40.9 Å². The number of non-ortho nitro benzene ring substituents is 1. The van der Waals surface area contributed by atoms with Crippen LogP contribution >= 0.6 is 27.5 Å². The highest BCUT2D eigenvalue weighted by Crippen LogP contribution is 2.34. The van der Waals surface area contributed by atoms with E-state index < -0.39 is 10.7 Å². The van der Waals surface area contributed by atoms with E-state index in [4.69, 9.17) is 16.3 Å². The summed E-state index contributed by atoms with van der Waals surface area (Å²) in [4.78, 5) is 10.1. The van der Waals surface area contributed by atoms with Crippen LogP contribution in [0.4, 0.5) is 10.1 Å². The smallest absolute Gasteiger partial charge is 0.270 e. The van der Waals surface area contributed by atoms with Gasteiger partial charge in [-0.05, 0) is 40.2 Å². The molecule has 0 aliphatic heterocycles. The quantitative estimate of drug-likeness (QED) is 0.584. The lowest BCUT2D eigenvalue weighted by Gasteiger charge is -2.08. The Morgan fingerprint density at radius 1 is 1.21 bits per heavy atom. The number of benzene rings is 2. The van der Waals surface area contributed by atoms with Gasteiger partial charge in [0.2, 0.25) is 0 Å². The number of nitrogens with zero attached hydrogens (tertiary/aromatic N) is 1. The Kier molecular flexibility index (Phi) is 4.01. The lowest BCUT2D eigenvalue weighted by molar-refractivity contribution is -0.384. The van der Waals surface area contributed by atoms with Gasteiger partial charge in [0.05, 0.1) is 9.40 Å². The molecule has 2 rings (SSSR count). The summed E-state index contributed by atoms with van der Waals surface area (Å²) in [5.74, 6) is -0.358. The molecule has 0 atom stereocenters. The number of hydrogen-bond donors (Lipinski definition) is 0. The van der Waals surface area contributed by atoms with Crippen molar-refractivity contribution in [2.24, 2.45) is 0 Å². The van der Waals surface area contributed by atoms with Gasteiger partial charge in [-0.2, -0.15) is 0 Å². The van der Waals surface area contributed by atoms with Crippen LogP contribution < -0.4 is 4.74 Å². The van der Waals surface area contributed by atoms with Crippen molar-refractivity contribution in [3.63, 3.8) is 0 Å². The van der Waals surface area contributed by atoms with Gasteiger partial charge in [-0.25, -0.2) is 4.39 Å². The molecular weight excluding hydrogens is 340 g/mol. The number of ether oxygens (including phenoxy) is 1. The van der Waals surface area contributed by atoms with Crippen LogP contribution in [-0.4, -0.2) is 4.92 Å². The van der Waals surface area contributed by atoms with Crippen molar-refractivity contribution in [1.82, 2.24) is 0 Å². The Balaban J connectivity index is 2.31. The minimum absolute atomic E-state index is 0.0149. The van der Waals surface area contributed by atoms with Gasteiger partial charge < -0.3 is 4.74 Å². The van der Waals surface area contributed by atoms with Gasteiger partial charge in [0.25, 0.3) is 5.69 Å². The molecule has 0 unspecified atom stereocenters. The standard InChI is InChI=1S/C12H6BrClFNO3/c13-9-6-8(16(17)18)2-4-11(9)19-12-3-1-7(14)5-10(12)15/h1-6H. The molecule has 0 heterocycles. The molecule has 98 valence electrons. The highest BCUT2D eigenvalue weighted by atomic mass is 79.9. The Bertz CT molecular complexity index is 651. The fourth-order valence-corrected chi connectivity index (χ4v) is 1.97. The Morgan fingerprint density at radius 2 is 1.89 bits per heavy atom. The fourth-order valence-electron chi connectivity index (χ4n) is 1.36. The topological polar surface area (TPSA) is 52.4 Å². The van der Waals surface area contributed by atoms with Crippen LogP contribution in [0, 0.1) is 15.9 Å². The molecule has 4 nitrogen and oxygen atoms in total. The van der Waals surface area contributed by atoms with E-state index in [1.807, 2.05) is 0 Å². The minimum Gasteiger partial charge on any atom is -0.453 e. The predicted octanol–water partition coefficient (Wildman–Crippen LogP) is 4.94. The third-order valence-corrected chi connectivity index (χ3v) is 3.09. The van der Waals surface area contributed by atoms with Crippen LogP contribution in [0.5, 0.6) is 11.5 Å². The minimum atomic E-state index is -0.613. The lowest BCUT2D eigenvalue weighted by atomic mass is 10.3. The first kappa shape index (κ1) is 13.8. The number of halogens is 3. The molecule has 0 bridgehead atoms. The average Bonchev–Trinajstić information content (AvgIpc) is 2.34. The number of nitro groups is 1. The monoisotopic (exact) mass is 345 g/mol. The summed E-state index contributed by atoms with van der Waals surface area (Å²) >= 11 is 8.76. The summed E-state index contributed by atoms with van der Waals surface area (Å²) in [6.45, 7) is 0. The zero-order valence-electron chi connectivity index (χ0n) is 9.27. The van der Waals surface area contributed by atoms with Crippen molar-refractivity contribution in [3.8, 4) is 11.5 Å². The Morgan fingerprint density at radius 3 is 2.47 bits per heavy atom. The molecule has 19 heavy (non-hydrogen) atoms. The van der Waals surface area contributed by atoms with Gasteiger partial charge in [-0.1, -0.05) is 11.6 Å². The number of rotatable bonds is 3. The average molecular weight is 347 g/mol. The van der Waals surface area contributed by atoms with E-state index in [9.17, 15) is 14.5 Å². The fraction of sp³-hybridized carbons (Fsp3) is 0. The number of hydrogen-bond acceptors (Lipinski definition) is 3. The maximum atomic E-state index is 13.5. The van der Waals surface area contributed by atoms with Crippen molar-refractivity contribution in [2.45, 2.75) is 0 Å². The molecule has 0 fully saturated rings. The van der Waals surface area contributed by atoms with E-state index in [1.165, 1.54) is 30.3 Å². The molecule has 0 aliphatic carbocycles. The van der Waals surface area contributed by atoms with Gasteiger partial charge in [0.15, 0.2) is 11.6 Å². The predicted molar refractivity (Wildman–Crippen MR) is 72.3 cm³/mol. The van der Waals surface area contributed by atoms with Crippen molar-refractivity contribution >= 4 is 33.2 Å². The zero-order chi connectivity index (χ0) is 14.0. The lowest BCUT2D eigenvalue weighted by Crippen LogP contribution is -1.91. The summed E-state index contributed by atoms with van der Waals surface area (Å²) in [7, 11) is 0. The maximum Gasteiger partial charge on any atom is 0.270 e.